The Labute approximate surface area is 102 Å². The Morgan fingerprint density at radius 2 is 1.82 bits per heavy atom. The summed E-state index contributed by atoms with van der Waals surface area (Å²) in [6, 6.07) is 5.77. The largest absolute Gasteiger partial charge is 0.401 e. The van der Waals surface area contributed by atoms with Crippen LogP contribution in [0.4, 0.5) is 17.6 Å². The Morgan fingerprint density at radius 1 is 1.18 bits per heavy atom. The molecule has 0 spiro atoms. The SMILES string of the molecule is Fc1ccccc1CN(CCCl)CC(F)(F)F. The zero-order chi connectivity index (χ0) is 12.9. The predicted octanol–water partition coefficient (Wildman–Crippen LogP) is 3.43. The summed E-state index contributed by atoms with van der Waals surface area (Å²) in [7, 11) is 0. The van der Waals surface area contributed by atoms with E-state index in [-0.39, 0.29) is 24.5 Å². The monoisotopic (exact) mass is 269 g/mol. The molecule has 0 saturated carbocycles. The molecule has 0 aromatic heterocycles. The third-order valence-electron chi connectivity index (χ3n) is 2.16. The van der Waals surface area contributed by atoms with Crippen LogP contribution in [0.15, 0.2) is 24.3 Å². The Hall–Kier alpha value is -0.810. The van der Waals surface area contributed by atoms with Crippen LogP contribution in [-0.4, -0.2) is 30.0 Å². The van der Waals surface area contributed by atoms with Crippen molar-refractivity contribution < 1.29 is 17.6 Å². The molecule has 1 aromatic rings. The van der Waals surface area contributed by atoms with E-state index in [0.717, 1.165) is 4.90 Å². The zero-order valence-corrected chi connectivity index (χ0v) is 9.73. The molecule has 0 radical (unpaired) electrons. The van der Waals surface area contributed by atoms with Crippen LogP contribution >= 0.6 is 11.6 Å². The molecule has 0 aliphatic heterocycles. The first-order valence-corrected chi connectivity index (χ1v) is 5.54. The first-order valence-electron chi connectivity index (χ1n) is 5.01. The normalized spacial score (nSPS) is 12.1. The van der Waals surface area contributed by atoms with E-state index in [1.54, 1.807) is 6.07 Å². The second-order valence-corrected chi connectivity index (χ2v) is 3.98. The Morgan fingerprint density at radius 3 is 2.35 bits per heavy atom. The average Bonchev–Trinajstić information content (AvgIpc) is 2.19. The first-order chi connectivity index (χ1) is 7.92. The van der Waals surface area contributed by atoms with E-state index in [0.29, 0.717) is 0 Å². The highest BCUT2D eigenvalue weighted by Crippen LogP contribution is 2.19. The molecule has 0 amide bonds. The third kappa shape index (κ3) is 5.37. The molecule has 0 fully saturated rings. The van der Waals surface area contributed by atoms with Crippen LogP contribution in [0.5, 0.6) is 0 Å². The van der Waals surface area contributed by atoms with E-state index < -0.39 is 18.5 Å². The highest BCUT2D eigenvalue weighted by molar-refractivity contribution is 6.18. The Balaban J connectivity index is 2.70. The summed E-state index contributed by atoms with van der Waals surface area (Å²) in [4.78, 5) is 1.07. The summed E-state index contributed by atoms with van der Waals surface area (Å²) in [5.74, 6) is -0.431. The number of nitrogens with zero attached hydrogens (tertiary/aromatic N) is 1. The number of rotatable bonds is 5. The van der Waals surface area contributed by atoms with E-state index in [9.17, 15) is 17.6 Å². The number of hydrogen-bond acceptors (Lipinski definition) is 1. The quantitative estimate of drug-likeness (QED) is 0.585. The van der Waals surface area contributed by atoms with Gasteiger partial charge in [0.15, 0.2) is 0 Å². The van der Waals surface area contributed by atoms with Crippen molar-refractivity contribution in [1.82, 2.24) is 4.90 Å². The van der Waals surface area contributed by atoms with Gasteiger partial charge in [-0.05, 0) is 6.07 Å². The molecule has 0 bridgehead atoms. The van der Waals surface area contributed by atoms with Crippen LogP contribution in [0.1, 0.15) is 5.56 Å². The Kier molecular flexibility index (Phi) is 5.21. The van der Waals surface area contributed by atoms with Gasteiger partial charge in [0.25, 0.3) is 0 Å². The van der Waals surface area contributed by atoms with Gasteiger partial charge in [-0.1, -0.05) is 18.2 Å². The van der Waals surface area contributed by atoms with Gasteiger partial charge in [0.1, 0.15) is 5.82 Å². The fraction of sp³-hybridized carbons (Fsp3) is 0.455. The second-order valence-electron chi connectivity index (χ2n) is 3.61. The zero-order valence-electron chi connectivity index (χ0n) is 8.97. The van der Waals surface area contributed by atoms with E-state index >= 15 is 0 Å². The molecule has 0 atom stereocenters. The highest BCUT2D eigenvalue weighted by atomic mass is 35.5. The smallest absolute Gasteiger partial charge is 0.289 e. The van der Waals surface area contributed by atoms with Crippen LogP contribution in [0.25, 0.3) is 0 Å². The van der Waals surface area contributed by atoms with Crippen LogP contribution in [-0.2, 0) is 6.54 Å². The minimum atomic E-state index is -4.31. The van der Waals surface area contributed by atoms with Crippen molar-refractivity contribution in [2.45, 2.75) is 12.7 Å². The maximum atomic E-state index is 13.3. The molecule has 0 N–H and O–H groups in total. The van der Waals surface area contributed by atoms with Crippen LogP contribution < -0.4 is 0 Å². The molecule has 0 heterocycles. The van der Waals surface area contributed by atoms with Crippen molar-refractivity contribution in [2.24, 2.45) is 0 Å². The molecule has 6 heteroatoms. The van der Waals surface area contributed by atoms with E-state index in [1.807, 2.05) is 0 Å². The maximum Gasteiger partial charge on any atom is 0.401 e. The van der Waals surface area contributed by atoms with Crippen LogP contribution in [0, 0.1) is 5.82 Å². The molecule has 0 saturated heterocycles. The number of benzene rings is 1. The van der Waals surface area contributed by atoms with Gasteiger partial charge < -0.3 is 0 Å². The van der Waals surface area contributed by atoms with Crippen LogP contribution in [0.3, 0.4) is 0 Å². The van der Waals surface area contributed by atoms with Gasteiger partial charge in [0, 0.05) is 24.5 Å². The predicted molar refractivity (Wildman–Crippen MR) is 58.5 cm³/mol. The summed E-state index contributed by atoms with van der Waals surface area (Å²) < 4.78 is 50.0. The fourth-order valence-electron chi connectivity index (χ4n) is 1.45. The topological polar surface area (TPSA) is 3.24 Å². The molecule has 17 heavy (non-hydrogen) atoms. The number of halogens is 5. The van der Waals surface area contributed by atoms with E-state index in [1.165, 1.54) is 18.2 Å². The lowest BCUT2D eigenvalue weighted by Gasteiger charge is -2.22. The van der Waals surface area contributed by atoms with Crippen molar-refractivity contribution in [1.29, 1.82) is 0 Å². The minimum Gasteiger partial charge on any atom is -0.289 e. The minimum absolute atomic E-state index is 0.0649. The van der Waals surface area contributed by atoms with Gasteiger partial charge in [-0.25, -0.2) is 4.39 Å². The van der Waals surface area contributed by atoms with Gasteiger partial charge in [0.2, 0.25) is 0 Å². The Bertz CT molecular complexity index is 354. The lowest BCUT2D eigenvalue weighted by Crippen LogP contribution is -2.35. The summed E-state index contributed by atoms with van der Waals surface area (Å²) in [5, 5.41) is 0. The van der Waals surface area contributed by atoms with Gasteiger partial charge in [-0.15, -0.1) is 11.6 Å². The van der Waals surface area contributed by atoms with Crippen molar-refractivity contribution in [3.8, 4) is 0 Å². The number of hydrogen-bond donors (Lipinski definition) is 0. The summed E-state index contributed by atoms with van der Waals surface area (Å²) >= 11 is 5.43. The van der Waals surface area contributed by atoms with Crippen LogP contribution in [0.2, 0.25) is 0 Å². The fourth-order valence-corrected chi connectivity index (χ4v) is 1.69. The summed E-state index contributed by atoms with van der Waals surface area (Å²) in [6.45, 7) is -1.12. The standard InChI is InChI=1S/C11H12ClF4N/c12-5-6-17(8-11(14,15)16)7-9-3-1-2-4-10(9)13/h1-4H,5-8H2. The molecule has 0 aliphatic rings. The molecule has 0 aliphatic carbocycles. The van der Waals surface area contributed by atoms with Crippen molar-refractivity contribution in [3.05, 3.63) is 35.6 Å². The van der Waals surface area contributed by atoms with Gasteiger partial charge in [-0.3, -0.25) is 4.90 Å². The summed E-state index contributed by atoms with van der Waals surface area (Å²) in [5.41, 5.74) is 0.238. The van der Waals surface area contributed by atoms with Crippen molar-refractivity contribution in [2.75, 3.05) is 19.0 Å². The molecule has 96 valence electrons. The van der Waals surface area contributed by atoms with Gasteiger partial charge in [-0.2, -0.15) is 13.2 Å². The van der Waals surface area contributed by atoms with Crippen molar-refractivity contribution >= 4 is 11.6 Å². The van der Waals surface area contributed by atoms with Gasteiger partial charge in [0.05, 0.1) is 6.54 Å². The molecular weight excluding hydrogens is 258 g/mol. The molecular formula is C11H12ClF4N. The number of alkyl halides is 4. The molecule has 1 rings (SSSR count). The molecule has 1 aromatic carbocycles. The second kappa shape index (κ2) is 6.21. The van der Waals surface area contributed by atoms with E-state index in [2.05, 4.69) is 0 Å². The molecule has 0 unspecified atom stereocenters. The van der Waals surface area contributed by atoms with E-state index in [4.69, 9.17) is 11.6 Å². The molecule has 1 nitrogen and oxygen atoms in total. The lowest BCUT2D eigenvalue weighted by molar-refractivity contribution is -0.146. The third-order valence-corrected chi connectivity index (χ3v) is 2.32. The van der Waals surface area contributed by atoms with Crippen molar-refractivity contribution in [3.63, 3.8) is 0 Å². The average molecular weight is 270 g/mol. The highest BCUT2D eigenvalue weighted by Gasteiger charge is 2.30. The maximum absolute atomic E-state index is 13.3. The first kappa shape index (κ1) is 14.3. The summed E-state index contributed by atoms with van der Waals surface area (Å²) in [6.07, 6.45) is -4.31. The van der Waals surface area contributed by atoms with Gasteiger partial charge >= 0.3 is 6.18 Å². The lowest BCUT2D eigenvalue weighted by atomic mass is 10.2.